The molecule has 0 N–H and O–H groups in total. The summed E-state index contributed by atoms with van der Waals surface area (Å²) in [5.41, 5.74) is 1.57. The summed E-state index contributed by atoms with van der Waals surface area (Å²) in [6.07, 6.45) is 0. The second-order valence-corrected chi connectivity index (χ2v) is 7.11. The van der Waals surface area contributed by atoms with Gasteiger partial charge in [0, 0.05) is 11.9 Å². The van der Waals surface area contributed by atoms with Gasteiger partial charge in [0.25, 0.3) is 0 Å². The Morgan fingerprint density at radius 3 is 2.82 bits per heavy atom. The number of ether oxygens (including phenoxy) is 2. The first kappa shape index (κ1) is 18.3. The quantitative estimate of drug-likeness (QED) is 0.494. The minimum Gasteiger partial charge on any atom is -0.494 e. The molecular formula is C21H20N2O4S. The summed E-state index contributed by atoms with van der Waals surface area (Å²) in [6.45, 7) is 5.29. The van der Waals surface area contributed by atoms with Crippen LogP contribution in [0.4, 0.5) is 0 Å². The summed E-state index contributed by atoms with van der Waals surface area (Å²) < 4.78 is 19.6. The lowest BCUT2D eigenvalue weighted by molar-refractivity contribution is 0.0973. The molecule has 144 valence electrons. The number of aryl methyl sites for hydroxylation is 1. The number of furan rings is 1. The molecule has 0 unspecified atom stereocenters. The molecule has 0 saturated carbocycles. The van der Waals surface area contributed by atoms with Crippen molar-refractivity contribution in [3.8, 4) is 11.5 Å². The van der Waals surface area contributed by atoms with Crippen LogP contribution in [0, 0.1) is 0 Å². The fourth-order valence-electron chi connectivity index (χ4n) is 3.15. The van der Waals surface area contributed by atoms with Crippen LogP contribution in [-0.2, 0) is 6.54 Å². The van der Waals surface area contributed by atoms with Gasteiger partial charge in [0.05, 0.1) is 23.9 Å². The van der Waals surface area contributed by atoms with E-state index in [0.29, 0.717) is 29.3 Å². The SMILES string of the molecule is CCOc1ccc2c(c1)sc(=NC(=O)c1cc3cccc(OC)c3o1)n2CC. The van der Waals surface area contributed by atoms with Gasteiger partial charge >= 0.3 is 5.91 Å². The molecule has 0 aliphatic heterocycles. The Morgan fingerprint density at radius 2 is 2.07 bits per heavy atom. The van der Waals surface area contributed by atoms with Crippen molar-refractivity contribution >= 4 is 38.4 Å². The molecule has 2 aromatic carbocycles. The Balaban J connectivity index is 1.79. The third-order valence-corrected chi connectivity index (χ3v) is 5.46. The van der Waals surface area contributed by atoms with Crippen molar-refractivity contribution in [2.45, 2.75) is 20.4 Å². The first-order valence-corrected chi connectivity index (χ1v) is 9.88. The highest BCUT2D eigenvalue weighted by Gasteiger charge is 2.15. The van der Waals surface area contributed by atoms with Crippen molar-refractivity contribution in [3.63, 3.8) is 0 Å². The fourth-order valence-corrected chi connectivity index (χ4v) is 4.27. The fraction of sp³-hybridized carbons (Fsp3) is 0.238. The normalized spacial score (nSPS) is 12.0. The number of benzene rings is 2. The van der Waals surface area contributed by atoms with E-state index >= 15 is 0 Å². The molecule has 4 aromatic rings. The van der Waals surface area contributed by atoms with Crippen molar-refractivity contribution in [2.24, 2.45) is 4.99 Å². The van der Waals surface area contributed by atoms with Gasteiger partial charge < -0.3 is 18.5 Å². The lowest BCUT2D eigenvalue weighted by Gasteiger charge is -2.03. The van der Waals surface area contributed by atoms with Crippen LogP contribution in [0.1, 0.15) is 24.4 Å². The third-order valence-electron chi connectivity index (χ3n) is 4.42. The predicted octanol–water partition coefficient (Wildman–Crippen LogP) is 4.62. The number of para-hydroxylation sites is 1. The van der Waals surface area contributed by atoms with Crippen molar-refractivity contribution in [1.29, 1.82) is 0 Å². The van der Waals surface area contributed by atoms with E-state index in [-0.39, 0.29) is 5.76 Å². The van der Waals surface area contributed by atoms with E-state index < -0.39 is 5.91 Å². The summed E-state index contributed by atoms with van der Waals surface area (Å²) in [6, 6.07) is 13.1. The molecule has 7 heteroatoms. The van der Waals surface area contributed by atoms with Crippen LogP contribution in [-0.4, -0.2) is 24.2 Å². The smallest absolute Gasteiger partial charge is 0.315 e. The monoisotopic (exact) mass is 396 g/mol. The van der Waals surface area contributed by atoms with Gasteiger partial charge in [-0.25, -0.2) is 0 Å². The Bertz CT molecular complexity index is 1230. The van der Waals surface area contributed by atoms with Gasteiger partial charge in [0.1, 0.15) is 5.75 Å². The van der Waals surface area contributed by atoms with Gasteiger partial charge in [-0.05, 0) is 44.2 Å². The van der Waals surface area contributed by atoms with Gasteiger partial charge in [-0.2, -0.15) is 4.99 Å². The Morgan fingerprint density at radius 1 is 1.21 bits per heavy atom. The van der Waals surface area contributed by atoms with Gasteiger partial charge in [-0.1, -0.05) is 23.5 Å². The van der Waals surface area contributed by atoms with E-state index in [0.717, 1.165) is 21.4 Å². The number of thiazole rings is 1. The first-order valence-electron chi connectivity index (χ1n) is 9.06. The van der Waals surface area contributed by atoms with Gasteiger partial charge in [0.15, 0.2) is 21.9 Å². The molecule has 2 heterocycles. The maximum atomic E-state index is 12.8. The maximum absolute atomic E-state index is 12.8. The van der Waals surface area contributed by atoms with Crippen LogP contribution in [0.25, 0.3) is 21.2 Å². The molecule has 0 radical (unpaired) electrons. The van der Waals surface area contributed by atoms with E-state index in [4.69, 9.17) is 13.9 Å². The summed E-state index contributed by atoms with van der Waals surface area (Å²) >= 11 is 1.46. The highest BCUT2D eigenvalue weighted by Crippen LogP contribution is 2.29. The standard InChI is InChI=1S/C21H20N2O4S/c1-4-23-15-10-9-14(26-5-2)12-18(15)28-21(23)22-20(24)17-11-13-7-6-8-16(25-3)19(13)27-17/h6-12H,4-5H2,1-3H3. The second-order valence-electron chi connectivity index (χ2n) is 6.10. The highest BCUT2D eigenvalue weighted by molar-refractivity contribution is 7.16. The van der Waals surface area contributed by atoms with Crippen LogP contribution < -0.4 is 14.3 Å². The number of carbonyl (C=O) groups excluding carboxylic acids is 1. The molecule has 0 fully saturated rings. The summed E-state index contributed by atoms with van der Waals surface area (Å²) in [4.78, 5) is 17.7. The van der Waals surface area contributed by atoms with E-state index in [9.17, 15) is 4.79 Å². The Labute approximate surface area is 165 Å². The number of carbonyl (C=O) groups is 1. The molecule has 6 nitrogen and oxygen atoms in total. The predicted molar refractivity (Wildman–Crippen MR) is 109 cm³/mol. The number of fused-ring (bicyclic) bond motifs is 2. The molecule has 28 heavy (non-hydrogen) atoms. The molecule has 0 aliphatic rings. The molecule has 0 aliphatic carbocycles. The third kappa shape index (κ3) is 3.18. The van der Waals surface area contributed by atoms with Crippen LogP contribution in [0.15, 0.2) is 51.9 Å². The number of nitrogens with zero attached hydrogens (tertiary/aromatic N) is 2. The highest BCUT2D eigenvalue weighted by atomic mass is 32.1. The molecule has 0 atom stereocenters. The van der Waals surface area contributed by atoms with E-state index in [1.165, 1.54) is 11.3 Å². The van der Waals surface area contributed by atoms with Crippen LogP contribution in [0.5, 0.6) is 11.5 Å². The van der Waals surface area contributed by atoms with Crippen molar-refractivity contribution in [2.75, 3.05) is 13.7 Å². The van der Waals surface area contributed by atoms with Gasteiger partial charge in [0.2, 0.25) is 0 Å². The van der Waals surface area contributed by atoms with Crippen molar-refractivity contribution in [3.05, 3.63) is 53.0 Å². The first-order chi connectivity index (χ1) is 13.6. The van der Waals surface area contributed by atoms with Crippen LogP contribution in [0.2, 0.25) is 0 Å². The minimum atomic E-state index is -0.419. The topological polar surface area (TPSA) is 66.0 Å². The van der Waals surface area contributed by atoms with Crippen LogP contribution >= 0.6 is 11.3 Å². The number of methoxy groups -OCH3 is 1. The average molecular weight is 396 g/mol. The largest absolute Gasteiger partial charge is 0.494 e. The summed E-state index contributed by atoms with van der Waals surface area (Å²) in [7, 11) is 1.57. The molecule has 0 bridgehead atoms. The van der Waals surface area contributed by atoms with Gasteiger partial charge in [-0.15, -0.1) is 0 Å². The maximum Gasteiger partial charge on any atom is 0.315 e. The van der Waals surface area contributed by atoms with Crippen LogP contribution in [0.3, 0.4) is 0 Å². The van der Waals surface area contributed by atoms with E-state index in [2.05, 4.69) is 4.99 Å². The summed E-state index contributed by atoms with van der Waals surface area (Å²) in [5, 5.41) is 0.805. The average Bonchev–Trinajstić information content (AvgIpc) is 3.28. The molecule has 0 saturated heterocycles. The van der Waals surface area contributed by atoms with Crippen molar-refractivity contribution < 1.29 is 18.7 Å². The Hall–Kier alpha value is -3.06. The molecule has 4 rings (SSSR count). The number of amides is 1. The molecule has 2 aromatic heterocycles. The number of aromatic nitrogens is 1. The number of hydrogen-bond acceptors (Lipinski definition) is 5. The zero-order valence-electron chi connectivity index (χ0n) is 15.9. The van der Waals surface area contributed by atoms with Crippen molar-refractivity contribution in [1.82, 2.24) is 4.57 Å². The lowest BCUT2D eigenvalue weighted by Crippen LogP contribution is -2.15. The van der Waals surface area contributed by atoms with E-state index in [1.807, 2.05) is 48.7 Å². The second kappa shape index (κ2) is 7.52. The van der Waals surface area contributed by atoms with E-state index in [1.54, 1.807) is 19.2 Å². The lowest BCUT2D eigenvalue weighted by atomic mass is 10.2. The number of hydrogen-bond donors (Lipinski definition) is 0. The molecular weight excluding hydrogens is 376 g/mol. The summed E-state index contributed by atoms with van der Waals surface area (Å²) in [5.74, 6) is 1.17. The molecule has 1 amide bonds. The molecule has 0 spiro atoms. The zero-order chi connectivity index (χ0) is 19.7. The number of rotatable bonds is 5. The zero-order valence-corrected chi connectivity index (χ0v) is 16.7. The minimum absolute atomic E-state index is 0.189. The van der Waals surface area contributed by atoms with Gasteiger partial charge in [-0.3, -0.25) is 4.79 Å². The Kier molecular flexibility index (Phi) is 4.92.